The van der Waals surface area contributed by atoms with E-state index in [0.717, 1.165) is 5.56 Å². The van der Waals surface area contributed by atoms with Crippen molar-refractivity contribution in [3.05, 3.63) is 65.7 Å². The van der Waals surface area contributed by atoms with Crippen LogP contribution >= 0.6 is 0 Å². The molecule has 0 radical (unpaired) electrons. The summed E-state index contributed by atoms with van der Waals surface area (Å²) < 4.78 is 0. The zero-order valence-electron chi connectivity index (χ0n) is 14.0. The number of rotatable bonds is 7. The Morgan fingerprint density at radius 3 is 2.20 bits per heavy atom. The minimum absolute atomic E-state index is 0.188. The van der Waals surface area contributed by atoms with Gasteiger partial charge < -0.3 is 16.4 Å². The lowest BCUT2D eigenvalue weighted by Crippen LogP contribution is -2.44. The maximum atomic E-state index is 12.3. The fraction of sp³-hybridized carbons (Fsp3) is 0.211. The molecule has 0 bridgehead atoms. The van der Waals surface area contributed by atoms with Gasteiger partial charge in [-0.3, -0.25) is 14.4 Å². The summed E-state index contributed by atoms with van der Waals surface area (Å²) in [5.41, 5.74) is 7.46. The van der Waals surface area contributed by atoms with Crippen molar-refractivity contribution in [3.63, 3.8) is 0 Å². The molecule has 0 saturated heterocycles. The molecular formula is C19H21N3O3. The number of anilines is 1. The molecule has 0 aliphatic rings. The summed E-state index contributed by atoms with van der Waals surface area (Å²) in [6, 6.07) is 15.3. The Morgan fingerprint density at radius 2 is 1.64 bits per heavy atom. The number of aryl methyl sites for hydroxylation is 1. The number of benzene rings is 2. The zero-order valence-corrected chi connectivity index (χ0v) is 14.0. The Kier molecular flexibility index (Phi) is 6.28. The van der Waals surface area contributed by atoms with Gasteiger partial charge in [0.1, 0.15) is 6.04 Å². The lowest BCUT2D eigenvalue weighted by molar-refractivity contribution is -0.120. The van der Waals surface area contributed by atoms with Gasteiger partial charge in [-0.25, -0.2) is 0 Å². The molecule has 0 spiro atoms. The second-order valence-corrected chi connectivity index (χ2v) is 5.71. The Hall–Kier alpha value is -3.15. The van der Waals surface area contributed by atoms with Gasteiger partial charge in [0, 0.05) is 18.2 Å². The Labute approximate surface area is 146 Å². The summed E-state index contributed by atoms with van der Waals surface area (Å²) in [6.45, 7) is 1.41. The smallest absolute Gasteiger partial charge is 0.251 e. The molecule has 3 amide bonds. The van der Waals surface area contributed by atoms with Crippen molar-refractivity contribution in [1.29, 1.82) is 0 Å². The van der Waals surface area contributed by atoms with Gasteiger partial charge in [0.15, 0.2) is 0 Å². The Bertz CT molecular complexity index is 742. The minimum atomic E-state index is -0.747. The first-order chi connectivity index (χ1) is 12.0. The van der Waals surface area contributed by atoms with Crippen LogP contribution in [-0.2, 0) is 16.0 Å². The molecule has 0 aliphatic heterocycles. The van der Waals surface area contributed by atoms with Gasteiger partial charge in [0.2, 0.25) is 11.8 Å². The van der Waals surface area contributed by atoms with Crippen LogP contribution in [-0.4, -0.2) is 23.8 Å². The first-order valence-electron chi connectivity index (χ1n) is 7.97. The summed E-state index contributed by atoms with van der Waals surface area (Å²) in [6.07, 6.45) is 1.06. The molecule has 25 heavy (non-hydrogen) atoms. The van der Waals surface area contributed by atoms with E-state index >= 15 is 0 Å². The number of nitrogens with one attached hydrogen (secondary N) is 2. The molecule has 2 rings (SSSR count). The maximum absolute atomic E-state index is 12.3. The molecule has 6 nitrogen and oxygen atoms in total. The summed E-state index contributed by atoms with van der Waals surface area (Å²) in [4.78, 5) is 34.9. The van der Waals surface area contributed by atoms with E-state index in [0.29, 0.717) is 24.1 Å². The fourth-order valence-corrected chi connectivity index (χ4v) is 2.39. The normalized spacial score (nSPS) is 11.4. The molecule has 2 aromatic carbocycles. The third kappa shape index (κ3) is 5.76. The van der Waals surface area contributed by atoms with Crippen molar-refractivity contribution < 1.29 is 14.4 Å². The van der Waals surface area contributed by atoms with Crippen LogP contribution in [0, 0.1) is 0 Å². The summed E-state index contributed by atoms with van der Waals surface area (Å²) in [5, 5.41) is 5.29. The van der Waals surface area contributed by atoms with Crippen molar-refractivity contribution in [2.45, 2.75) is 25.8 Å². The second-order valence-electron chi connectivity index (χ2n) is 5.71. The molecule has 2 aromatic rings. The molecule has 0 fully saturated rings. The molecule has 1 atom stereocenters. The molecule has 4 N–H and O–H groups in total. The highest BCUT2D eigenvalue weighted by Gasteiger charge is 2.18. The van der Waals surface area contributed by atoms with Gasteiger partial charge in [-0.05, 0) is 42.7 Å². The molecule has 6 heteroatoms. The molecule has 0 saturated carbocycles. The Balaban J connectivity index is 1.97. The Morgan fingerprint density at radius 1 is 1.00 bits per heavy atom. The molecular weight excluding hydrogens is 318 g/mol. The van der Waals surface area contributed by atoms with E-state index in [2.05, 4.69) is 10.6 Å². The van der Waals surface area contributed by atoms with Crippen LogP contribution in [0.5, 0.6) is 0 Å². The maximum Gasteiger partial charge on any atom is 0.251 e. The van der Waals surface area contributed by atoms with Crippen LogP contribution in [0.4, 0.5) is 5.69 Å². The largest absolute Gasteiger partial charge is 0.368 e. The van der Waals surface area contributed by atoms with E-state index in [4.69, 9.17) is 5.73 Å². The fourth-order valence-electron chi connectivity index (χ4n) is 2.39. The molecule has 0 aliphatic carbocycles. The van der Waals surface area contributed by atoms with Gasteiger partial charge in [-0.2, -0.15) is 0 Å². The van der Waals surface area contributed by atoms with E-state index < -0.39 is 11.9 Å². The summed E-state index contributed by atoms with van der Waals surface area (Å²) >= 11 is 0. The van der Waals surface area contributed by atoms with E-state index in [9.17, 15) is 14.4 Å². The number of hydrogen-bond donors (Lipinski definition) is 3. The van der Waals surface area contributed by atoms with Gasteiger partial charge >= 0.3 is 0 Å². The van der Waals surface area contributed by atoms with Crippen LogP contribution in [0.25, 0.3) is 0 Å². The van der Waals surface area contributed by atoms with Crippen molar-refractivity contribution >= 4 is 23.4 Å². The van der Waals surface area contributed by atoms with E-state index in [1.54, 1.807) is 24.3 Å². The number of carbonyl (C=O) groups excluding carboxylic acids is 3. The van der Waals surface area contributed by atoms with Crippen LogP contribution in [0.15, 0.2) is 54.6 Å². The van der Waals surface area contributed by atoms with Crippen LogP contribution < -0.4 is 16.4 Å². The van der Waals surface area contributed by atoms with E-state index in [1.807, 2.05) is 30.3 Å². The third-order valence-electron chi connectivity index (χ3n) is 3.68. The number of amides is 3. The first-order valence-corrected chi connectivity index (χ1v) is 7.97. The average molecular weight is 339 g/mol. The third-order valence-corrected chi connectivity index (χ3v) is 3.68. The number of primary amides is 1. The summed E-state index contributed by atoms with van der Waals surface area (Å²) in [7, 11) is 0. The topological polar surface area (TPSA) is 101 Å². The van der Waals surface area contributed by atoms with Crippen molar-refractivity contribution in [2.75, 3.05) is 5.32 Å². The quantitative estimate of drug-likeness (QED) is 0.717. The van der Waals surface area contributed by atoms with Crippen LogP contribution in [0.2, 0.25) is 0 Å². The van der Waals surface area contributed by atoms with Gasteiger partial charge in [-0.15, -0.1) is 0 Å². The highest BCUT2D eigenvalue weighted by atomic mass is 16.2. The zero-order chi connectivity index (χ0) is 18.2. The van der Waals surface area contributed by atoms with Crippen LogP contribution in [0.1, 0.15) is 29.3 Å². The number of carbonyl (C=O) groups is 3. The van der Waals surface area contributed by atoms with Crippen LogP contribution in [0.3, 0.4) is 0 Å². The van der Waals surface area contributed by atoms with Gasteiger partial charge in [0.25, 0.3) is 5.91 Å². The van der Waals surface area contributed by atoms with E-state index in [-0.39, 0.29) is 11.8 Å². The van der Waals surface area contributed by atoms with E-state index in [1.165, 1.54) is 6.92 Å². The number of nitrogens with two attached hydrogens (primary N) is 1. The molecule has 0 unspecified atom stereocenters. The molecule has 0 heterocycles. The standard InChI is InChI=1S/C19H21N3O3/c1-13(23)21-16-10-8-15(9-11-16)19(25)22-17(18(20)24)12-7-14-5-3-2-4-6-14/h2-6,8-11,17H,7,12H2,1H3,(H2,20,24)(H,21,23)(H,22,25)/t17-/m1/s1. The predicted octanol–water partition coefficient (Wildman–Crippen LogP) is 1.86. The average Bonchev–Trinajstić information content (AvgIpc) is 2.59. The van der Waals surface area contributed by atoms with Crippen molar-refractivity contribution in [1.82, 2.24) is 5.32 Å². The van der Waals surface area contributed by atoms with Crippen molar-refractivity contribution in [2.24, 2.45) is 5.73 Å². The highest BCUT2D eigenvalue weighted by Crippen LogP contribution is 2.11. The summed E-state index contributed by atoms with van der Waals surface area (Å²) in [5.74, 6) is -1.14. The molecule has 0 aromatic heterocycles. The second kappa shape index (κ2) is 8.63. The minimum Gasteiger partial charge on any atom is -0.368 e. The molecule has 130 valence electrons. The lowest BCUT2D eigenvalue weighted by Gasteiger charge is -2.15. The predicted molar refractivity (Wildman–Crippen MR) is 96.0 cm³/mol. The highest BCUT2D eigenvalue weighted by molar-refractivity contribution is 5.98. The van der Waals surface area contributed by atoms with Gasteiger partial charge in [-0.1, -0.05) is 30.3 Å². The number of hydrogen-bond acceptors (Lipinski definition) is 3. The monoisotopic (exact) mass is 339 g/mol. The lowest BCUT2D eigenvalue weighted by atomic mass is 10.0. The SMILES string of the molecule is CC(=O)Nc1ccc(C(=O)N[C@H](CCc2ccccc2)C(N)=O)cc1. The van der Waals surface area contributed by atoms with Crippen molar-refractivity contribution in [3.8, 4) is 0 Å². The first kappa shape index (κ1) is 18.2. The van der Waals surface area contributed by atoms with Gasteiger partial charge in [0.05, 0.1) is 0 Å².